The van der Waals surface area contributed by atoms with Crippen LogP contribution in [0.3, 0.4) is 0 Å². The zero-order valence-electron chi connectivity index (χ0n) is 19.9. The molecule has 1 atom stereocenters. The number of hydrogen-bond acceptors (Lipinski definition) is 6. The highest BCUT2D eigenvalue weighted by molar-refractivity contribution is 6.51. The van der Waals surface area contributed by atoms with Gasteiger partial charge in [-0.25, -0.2) is 0 Å². The van der Waals surface area contributed by atoms with Crippen LogP contribution in [0.5, 0.6) is 5.75 Å². The summed E-state index contributed by atoms with van der Waals surface area (Å²) in [6.07, 6.45) is 7.59. The van der Waals surface area contributed by atoms with Gasteiger partial charge in [-0.1, -0.05) is 0 Å². The molecule has 6 rings (SSSR count). The summed E-state index contributed by atoms with van der Waals surface area (Å²) >= 11 is 0. The SMILES string of the molecule is O=C1C(=O)N(c2ccc(N3CCCCC3)cc2)C(c2ccncc2)/C1=C(/O)c1ccc2c(c1)CCO2. The summed E-state index contributed by atoms with van der Waals surface area (Å²) in [6.45, 7) is 2.63. The average Bonchev–Trinajstić information content (AvgIpc) is 3.51. The molecule has 0 aliphatic carbocycles. The van der Waals surface area contributed by atoms with Gasteiger partial charge in [-0.2, -0.15) is 0 Å². The minimum atomic E-state index is -0.765. The van der Waals surface area contributed by atoms with E-state index in [1.165, 1.54) is 24.2 Å². The lowest BCUT2D eigenvalue weighted by atomic mass is 9.95. The van der Waals surface area contributed by atoms with Crippen LogP contribution >= 0.6 is 0 Å². The number of carbonyl (C=O) groups excluding carboxylic acids is 2. The molecule has 36 heavy (non-hydrogen) atoms. The summed E-state index contributed by atoms with van der Waals surface area (Å²) in [5.74, 6) is -0.761. The zero-order chi connectivity index (χ0) is 24.6. The quantitative estimate of drug-likeness (QED) is 0.332. The monoisotopic (exact) mass is 481 g/mol. The van der Waals surface area contributed by atoms with Crippen molar-refractivity contribution in [2.45, 2.75) is 31.7 Å². The summed E-state index contributed by atoms with van der Waals surface area (Å²) in [4.78, 5) is 34.7. The van der Waals surface area contributed by atoms with Gasteiger partial charge in [0.15, 0.2) is 0 Å². The first-order chi connectivity index (χ1) is 17.6. The van der Waals surface area contributed by atoms with E-state index >= 15 is 0 Å². The Morgan fingerprint density at radius 3 is 2.39 bits per heavy atom. The standard InChI is InChI=1S/C29H27N3O4/c33-27(21-4-9-24-20(18-21)12-17-36-24)25-26(19-10-13-30-14-11-19)32(29(35)28(25)34)23-7-5-22(6-8-23)31-15-2-1-3-16-31/h4-11,13-14,18,26,33H,1-3,12,15-17H2/b27-25-. The van der Waals surface area contributed by atoms with Crippen LogP contribution in [0.25, 0.3) is 5.76 Å². The summed E-state index contributed by atoms with van der Waals surface area (Å²) in [5.41, 5.74) is 3.97. The second kappa shape index (κ2) is 9.15. The fourth-order valence-electron chi connectivity index (χ4n) is 5.43. The first-order valence-electron chi connectivity index (χ1n) is 12.4. The normalized spacial score (nSPS) is 20.9. The topological polar surface area (TPSA) is 83.0 Å². The Kier molecular flexibility index (Phi) is 5.68. The number of hydrogen-bond donors (Lipinski definition) is 1. The summed E-state index contributed by atoms with van der Waals surface area (Å²) in [6, 6.07) is 15.9. The van der Waals surface area contributed by atoms with Crippen molar-refractivity contribution in [2.75, 3.05) is 29.5 Å². The van der Waals surface area contributed by atoms with Crippen LogP contribution in [0.15, 0.2) is 72.6 Å². The van der Waals surface area contributed by atoms with Crippen LogP contribution < -0.4 is 14.5 Å². The third kappa shape index (κ3) is 3.81. The smallest absolute Gasteiger partial charge is 0.300 e. The van der Waals surface area contributed by atoms with E-state index in [-0.39, 0.29) is 11.3 Å². The number of rotatable bonds is 4. The number of amides is 1. The van der Waals surface area contributed by atoms with E-state index in [1.54, 1.807) is 36.7 Å². The van der Waals surface area contributed by atoms with Crippen LogP contribution in [0.1, 0.15) is 42.0 Å². The molecule has 2 aromatic carbocycles. The van der Waals surface area contributed by atoms with Gasteiger partial charge < -0.3 is 14.7 Å². The Labute approximate surface area is 209 Å². The highest BCUT2D eigenvalue weighted by atomic mass is 16.5. The van der Waals surface area contributed by atoms with Crippen molar-refractivity contribution in [1.29, 1.82) is 0 Å². The van der Waals surface area contributed by atoms with Gasteiger partial charge in [-0.05, 0) is 85.0 Å². The van der Waals surface area contributed by atoms with E-state index in [1.807, 2.05) is 30.3 Å². The lowest BCUT2D eigenvalue weighted by molar-refractivity contribution is -0.132. The van der Waals surface area contributed by atoms with Crippen LogP contribution in [-0.4, -0.2) is 41.5 Å². The average molecular weight is 482 g/mol. The number of piperidine rings is 1. The van der Waals surface area contributed by atoms with Gasteiger partial charge in [0.1, 0.15) is 11.5 Å². The van der Waals surface area contributed by atoms with Crippen molar-refractivity contribution in [3.05, 3.63) is 89.3 Å². The second-order valence-corrected chi connectivity index (χ2v) is 9.43. The number of ether oxygens (including phenoxy) is 1. The Morgan fingerprint density at radius 2 is 1.64 bits per heavy atom. The molecule has 7 nitrogen and oxygen atoms in total. The summed E-state index contributed by atoms with van der Waals surface area (Å²) in [5, 5.41) is 11.4. The van der Waals surface area contributed by atoms with E-state index < -0.39 is 17.7 Å². The molecule has 1 amide bonds. The molecular weight excluding hydrogens is 454 g/mol. The molecule has 2 saturated heterocycles. The molecule has 3 aromatic rings. The van der Waals surface area contributed by atoms with Crippen molar-refractivity contribution >= 4 is 28.8 Å². The maximum atomic E-state index is 13.4. The van der Waals surface area contributed by atoms with Crippen LogP contribution in [0.2, 0.25) is 0 Å². The minimum Gasteiger partial charge on any atom is -0.507 e. The number of fused-ring (bicyclic) bond motifs is 1. The summed E-state index contributed by atoms with van der Waals surface area (Å²) in [7, 11) is 0. The molecule has 0 spiro atoms. The highest BCUT2D eigenvalue weighted by Crippen LogP contribution is 2.43. The van der Waals surface area contributed by atoms with Crippen LogP contribution in [0.4, 0.5) is 11.4 Å². The van der Waals surface area contributed by atoms with Gasteiger partial charge in [0.2, 0.25) is 0 Å². The van der Waals surface area contributed by atoms with E-state index in [2.05, 4.69) is 9.88 Å². The van der Waals surface area contributed by atoms with Gasteiger partial charge in [-0.15, -0.1) is 0 Å². The molecule has 1 aromatic heterocycles. The van der Waals surface area contributed by atoms with Crippen LogP contribution in [0, 0.1) is 0 Å². The molecule has 3 aliphatic heterocycles. The Bertz CT molecular complexity index is 1340. The summed E-state index contributed by atoms with van der Waals surface area (Å²) < 4.78 is 5.58. The maximum Gasteiger partial charge on any atom is 0.300 e. The first-order valence-corrected chi connectivity index (χ1v) is 12.4. The van der Waals surface area contributed by atoms with Crippen LogP contribution in [-0.2, 0) is 16.0 Å². The molecule has 182 valence electrons. The fourth-order valence-corrected chi connectivity index (χ4v) is 5.43. The van der Waals surface area contributed by atoms with Crippen molar-refractivity contribution in [2.24, 2.45) is 0 Å². The predicted molar refractivity (Wildman–Crippen MR) is 137 cm³/mol. The number of nitrogens with zero attached hydrogens (tertiary/aromatic N) is 3. The molecule has 7 heteroatoms. The van der Waals surface area contributed by atoms with Crippen molar-refractivity contribution in [3.63, 3.8) is 0 Å². The number of aliphatic hydroxyl groups is 1. The van der Waals surface area contributed by atoms with Gasteiger partial charge in [-0.3, -0.25) is 19.5 Å². The first kappa shape index (κ1) is 22.3. The Morgan fingerprint density at radius 1 is 0.917 bits per heavy atom. The molecule has 0 saturated carbocycles. The predicted octanol–water partition coefficient (Wildman–Crippen LogP) is 4.63. The van der Waals surface area contributed by atoms with E-state index in [0.29, 0.717) is 23.4 Å². The molecule has 1 unspecified atom stereocenters. The molecule has 0 bridgehead atoms. The molecule has 0 radical (unpaired) electrons. The fraction of sp³-hybridized carbons (Fsp3) is 0.276. The van der Waals surface area contributed by atoms with Crippen molar-refractivity contribution < 1.29 is 19.4 Å². The van der Waals surface area contributed by atoms with Gasteiger partial charge in [0.05, 0.1) is 18.2 Å². The lowest BCUT2D eigenvalue weighted by Gasteiger charge is -2.30. The zero-order valence-corrected chi connectivity index (χ0v) is 19.9. The van der Waals surface area contributed by atoms with Crippen molar-refractivity contribution in [1.82, 2.24) is 4.98 Å². The number of carbonyl (C=O) groups is 2. The van der Waals surface area contributed by atoms with Gasteiger partial charge >= 0.3 is 0 Å². The minimum absolute atomic E-state index is 0.0742. The molecular formula is C29H27N3O4. The number of Topliss-reactive ketones (excluding diaryl/α,β-unsaturated/α-hetero) is 1. The van der Waals surface area contributed by atoms with Gasteiger partial charge in [0, 0.05) is 48.8 Å². The Balaban J connectivity index is 1.43. The van der Waals surface area contributed by atoms with E-state index in [0.717, 1.165) is 36.5 Å². The second-order valence-electron chi connectivity index (χ2n) is 9.43. The molecule has 1 N–H and O–H groups in total. The number of aromatic nitrogens is 1. The largest absolute Gasteiger partial charge is 0.507 e. The van der Waals surface area contributed by atoms with E-state index in [9.17, 15) is 14.7 Å². The lowest BCUT2D eigenvalue weighted by Crippen LogP contribution is -2.30. The molecule has 3 aliphatic rings. The number of benzene rings is 2. The van der Waals surface area contributed by atoms with E-state index in [4.69, 9.17) is 4.74 Å². The third-order valence-electron chi connectivity index (χ3n) is 7.28. The highest BCUT2D eigenvalue weighted by Gasteiger charge is 2.47. The third-order valence-corrected chi connectivity index (χ3v) is 7.28. The maximum absolute atomic E-state index is 13.4. The number of pyridine rings is 1. The number of anilines is 2. The van der Waals surface area contributed by atoms with Crippen molar-refractivity contribution in [3.8, 4) is 5.75 Å². The van der Waals surface area contributed by atoms with Gasteiger partial charge in [0.25, 0.3) is 11.7 Å². The molecule has 4 heterocycles. The molecule has 2 fully saturated rings. The number of aliphatic hydroxyl groups excluding tert-OH is 1. The Hall–Kier alpha value is -4.13. The number of ketones is 1.